The Hall–Kier alpha value is -2.89. The molecule has 0 unspecified atom stereocenters. The van der Waals surface area contributed by atoms with Gasteiger partial charge in [0.1, 0.15) is 11.5 Å². The van der Waals surface area contributed by atoms with Crippen LogP contribution in [0.4, 0.5) is 10.1 Å². The van der Waals surface area contributed by atoms with Crippen LogP contribution in [0.15, 0.2) is 36.5 Å². The van der Waals surface area contributed by atoms with Gasteiger partial charge in [-0.05, 0) is 49.6 Å². The molecule has 2 aliphatic rings. The number of nitrogens with one attached hydrogen (secondary N) is 1. The zero-order valence-electron chi connectivity index (χ0n) is 15.9. The smallest absolute Gasteiger partial charge is 0.225 e. The number of pyridine rings is 1. The lowest BCUT2D eigenvalue weighted by Crippen LogP contribution is -2.49. The summed E-state index contributed by atoms with van der Waals surface area (Å²) in [4.78, 5) is 24.3. The van der Waals surface area contributed by atoms with Gasteiger partial charge in [0.25, 0.3) is 0 Å². The van der Waals surface area contributed by atoms with Crippen molar-refractivity contribution in [2.45, 2.75) is 19.8 Å². The fourth-order valence-corrected chi connectivity index (χ4v) is 4.03. The minimum Gasteiger partial charge on any atom is -0.367 e. The summed E-state index contributed by atoms with van der Waals surface area (Å²) in [6, 6.07) is 9.24. The molecule has 5 rings (SSSR count). The molecular weight excluding hydrogens is 355 g/mol. The molecule has 1 aliphatic carbocycles. The van der Waals surface area contributed by atoms with Crippen molar-refractivity contribution >= 4 is 22.6 Å². The van der Waals surface area contributed by atoms with Gasteiger partial charge in [-0.15, -0.1) is 0 Å². The lowest BCUT2D eigenvalue weighted by atomic mass is 10.1. The predicted molar refractivity (Wildman–Crippen MR) is 108 cm³/mol. The van der Waals surface area contributed by atoms with Gasteiger partial charge in [-0.2, -0.15) is 0 Å². The summed E-state index contributed by atoms with van der Waals surface area (Å²) >= 11 is 0. The maximum Gasteiger partial charge on any atom is 0.225 e. The molecule has 144 valence electrons. The van der Waals surface area contributed by atoms with Crippen LogP contribution in [-0.4, -0.2) is 47.0 Å². The third-order valence-electron chi connectivity index (χ3n) is 5.78. The number of H-pyrrole nitrogens is 1. The van der Waals surface area contributed by atoms with Crippen molar-refractivity contribution in [2.75, 3.05) is 31.1 Å². The molecule has 0 bridgehead atoms. The van der Waals surface area contributed by atoms with Crippen molar-refractivity contribution in [3.8, 4) is 11.3 Å². The summed E-state index contributed by atoms with van der Waals surface area (Å²) in [5.41, 5.74) is 4.02. The lowest BCUT2D eigenvalue weighted by molar-refractivity contribution is -0.132. The van der Waals surface area contributed by atoms with E-state index in [9.17, 15) is 9.18 Å². The zero-order valence-corrected chi connectivity index (χ0v) is 15.9. The number of piperazine rings is 1. The number of benzene rings is 1. The van der Waals surface area contributed by atoms with E-state index in [1.54, 1.807) is 18.3 Å². The second-order valence-electron chi connectivity index (χ2n) is 7.85. The second-order valence-corrected chi connectivity index (χ2v) is 7.85. The molecule has 1 saturated heterocycles. The Labute approximate surface area is 163 Å². The molecule has 1 amide bonds. The first kappa shape index (κ1) is 17.2. The Morgan fingerprint density at radius 2 is 1.93 bits per heavy atom. The van der Waals surface area contributed by atoms with E-state index >= 15 is 0 Å². The topological polar surface area (TPSA) is 52.2 Å². The van der Waals surface area contributed by atoms with Crippen LogP contribution in [0.3, 0.4) is 0 Å². The van der Waals surface area contributed by atoms with Crippen molar-refractivity contribution in [2.24, 2.45) is 5.92 Å². The van der Waals surface area contributed by atoms with Crippen molar-refractivity contribution in [3.63, 3.8) is 0 Å². The van der Waals surface area contributed by atoms with E-state index < -0.39 is 0 Å². The summed E-state index contributed by atoms with van der Waals surface area (Å²) in [5.74, 6) is 0.356. The van der Waals surface area contributed by atoms with Crippen LogP contribution in [0.25, 0.3) is 22.3 Å². The number of aromatic amines is 1. The summed E-state index contributed by atoms with van der Waals surface area (Å²) in [6.45, 7) is 4.99. The van der Waals surface area contributed by atoms with E-state index in [4.69, 9.17) is 0 Å². The van der Waals surface area contributed by atoms with Gasteiger partial charge < -0.3 is 14.8 Å². The van der Waals surface area contributed by atoms with Crippen molar-refractivity contribution in [1.29, 1.82) is 0 Å². The number of amides is 1. The molecule has 2 fully saturated rings. The largest absolute Gasteiger partial charge is 0.367 e. The van der Waals surface area contributed by atoms with E-state index in [1.807, 2.05) is 30.0 Å². The van der Waals surface area contributed by atoms with Crippen LogP contribution < -0.4 is 4.90 Å². The van der Waals surface area contributed by atoms with Gasteiger partial charge in [0.15, 0.2) is 0 Å². The van der Waals surface area contributed by atoms with Gasteiger partial charge in [0.2, 0.25) is 5.91 Å². The van der Waals surface area contributed by atoms with Crippen molar-refractivity contribution in [1.82, 2.24) is 14.9 Å². The number of aryl methyl sites for hydroxylation is 1. The lowest BCUT2D eigenvalue weighted by Gasteiger charge is -2.36. The molecule has 2 aromatic heterocycles. The fourth-order valence-electron chi connectivity index (χ4n) is 4.03. The number of aromatic nitrogens is 2. The minimum atomic E-state index is -0.236. The van der Waals surface area contributed by atoms with Crippen molar-refractivity contribution in [3.05, 3.63) is 47.9 Å². The van der Waals surface area contributed by atoms with Gasteiger partial charge in [0.05, 0.1) is 5.69 Å². The summed E-state index contributed by atoms with van der Waals surface area (Å²) in [6.07, 6.45) is 3.88. The maximum absolute atomic E-state index is 14.4. The molecule has 28 heavy (non-hydrogen) atoms. The first-order valence-electron chi connectivity index (χ1n) is 9.88. The molecule has 5 nitrogen and oxygen atoms in total. The van der Waals surface area contributed by atoms with Gasteiger partial charge in [-0.25, -0.2) is 9.37 Å². The molecule has 0 spiro atoms. The maximum atomic E-state index is 14.4. The van der Waals surface area contributed by atoms with Crippen LogP contribution in [0.2, 0.25) is 0 Å². The number of halogens is 1. The van der Waals surface area contributed by atoms with Crippen LogP contribution in [-0.2, 0) is 4.79 Å². The van der Waals surface area contributed by atoms with Gasteiger partial charge >= 0.3 is 0 Å². The molecule has 1 N–H and O–H groups in total. The molecule has 0 atom stereocenters. The molecule has 1 aromatic carbocycles. The first-order chi connectivity index (χ1) is 13.6. The van der Waals surface area contributed by atoms with E-state index in [-0.39, 0.29) is 11.7 Å². The van der Waals surface area contributed by atoms with Crippen molar-refractivity contribution < 1.29 is 9.18 Å². The Kier molecular flexibility index (Phi) is 4.07. The van der Waals surface area contributed by atoms with Crippen LogP contribution in [0.1, 0.15) is 18.4 Å². The number of hydrogen-bond acceptors (Lipinski definition) is 3. The third kappa shape index (κ3) is 3.03. The fraction of sp³-hybridized carbons (Fsp3) is 0.364. The summed E-state index contributed by atoms with van der Waals surface area (Å²) < 4.78 is 14.4. The number of anilines is 1. The summed E-state index contributed by atoms with van der Waals surface area (Å²) in [7, 11) is 0. The number of carbonyl (C=O) groups is 1. The quantitative estimate of drug-likeness (QED) is 0.755. The van der Waals surface area contributed by atoms with Gasteiger partial charge in [-0.1, -0.05) is 6.07 Å². The molecule has 1 aliphatic heterocycles. The van der Waals surface area contributed by atoms with Gasteiger partial charge in [0, 0.05) is 54.9 Å². The highest BCUT2D eigenvalue weighted by Gasteiger charge is 2.34. The van der Waals surface area contributed by atoms with Gasteiger partial charge in [-0.3, -0.25) is 4.79 Å². The third-order valence-corrected chi connectivity index (χ3v) is 5.78. The van der Waals surface area contributed by atoms with Crippen LogP contribution in [0, 0.1) is 18.7 Å². The van der Waals surface area contributed by atoms with Crippen LogP contribution >= 0.6 is 0 Å². The average molecular weight is 378 g/mol. The molecular formula is C22H23FN4O. The van der Waals surface area contributed by atoms with E-state index in [2.05, 4.69) is 14.9 Å². The monoisotopic (exact) mass is 378 g/mol. The normalized spacial score (nSPS) is 17.4. The number of carbonyl (C=O) groups excluding carboxylic acids is 1. The molecule has 3 heterocycles. The SMILES string of the molecule is Cc1ccc(-c2cc3c(N4CCN(C(=O)C5CC5)CC4)ccnc3[nH]2)c(F)c1. The average Bonchev–Trinajstić information content (AvgIpc) is 3.46. The molecule has 3 aromatic rings. The highest BCUT2D eigenvalue weighted by Crippen LogP contribution is 2.34. The predicted octanol–water partition coefficient (Wildman–Crippen LogP) is 3.74. The minimum absolute atomic E-state index is 0.236. The highest BCUT2D eigenvalue weighted by atomic mass is 19.1. The Morgan fingerprint density at radius 1 is 1.14 bits per heavy atom. The molecule has 1 saturated carbocycles. The number of rotatable bonds is 3. The summed E-state index contributed by atoms with van der Waals surface area (Å²) in [5, 5.41) is 0.986. The highest BCUT2D eigenvalue weighted by molar-refractivity contribution is 5.94. The molecule has 6 heteroatoms. The first-order valence-corrected chi connectivity index (χ1v) is 9.88. The Morgan fingerprint density at radius 3 is 2.64 bits per heavy atom. The Bertz CT molecular complexity index is 1050. The number of hydrogen-bond donors (Lipinski definition) is 1. The van der Waals surface area contributed by atoms with E-state index in [0.717, 1.165) is 67.0 Å². The Balaban J connectivity index is 1.42. The van der Waals surface area contributed by atoms with E-state index in [1.165, 1.54) is 0 Å². The standard InChI is InChI=1S/C22H23FN4O/c1-14-2-5-16(18(23)12-14)19-13-17-20(6-7-24-21(17)25-19)26-8-10-27(11-9-26)22(28)15-3-4-15/h2,5-7,12-13,15H,3-4,8-11H2,1H3,(H,24,25). The second kappa shape index (κ2) is 6.62. The van der Waals surface area contributed by atoms with E-state index in [0.29, 0.717) is 11.5 Å². The number of fused-ring (bicyclic) bond motifs is 1. The molecule has 0 radical (unpaired) electrons. The number of nitrogens with zero attached hydrogens (tertiary/aromatic N) is 3. The zero-order chi connectivity index (χ0) is 19.3. The van der Waals surface area contributed by atoms with Crippen LogP contribution in [0.5, 0.6) is 0 Å².